The number of aryl methyl sites for hydroxylation is 1. The van der Waals surface area contributed by atoms with E-state index in [2.05, 4.69) is 21.8 Å². The van der Waals surface area contributed by atoms with E-state index in [0.717, 1.165) is 67.2 Å². The van der Waals surface area contributed by atoms with Gasteiger partial charge in [0.2, 0.25) is 5.91 Å². The minimum atomic E-state index is 0.182. The number of hydrogen-bond donors (Lipinski definition) is 1. The van der Waals surface area contributed by atoms with Crippen molar-refractivity contribution in [2.24, 2.45) is 13.0 Å². The van der Waals surface area contributed by atoms with Gasteiger partial charge in [-0.05, 0) is 57.0 Å². The molecule has 0 spiro atoms. The second-order valence-electron chi connectivity index (χ2n) is 7.05. The number of piperidine rings is 1. The molecule has 1 aromatic heterocycles. The van der Waals surface area contributed by atoms with Gasteiger partial charge in [0, 0.05) is 24.0 Å². The summed E-state index contributed by atoms with van der Waals surface area (Å²) >= 11 is 6.06. The van der Waals surface area contributed by atoms with E-state index in [4.69, 9.17) is 16.6 Å². The summed E-state index contributed by atoms with van der Waals surface area (Å²) in [6.45, 7) is 2.72. The molecule has 5 nitrogen and oxygen atoms in total. The number of benzene rings is 1. The van der Waals surface area contributed by atoms with Crippen molar-refractivity contribution in [2.75, 3.05) is 13.1 Å². The highest BCUT2D eigenvalue weighted by Gasteiger charge is 2.30. The van der Waals surface area contributed by atoms with E-state index >= 15 is 0 Å². The molecule has 1 saturated heterocycles. The number of amides is 1. The average molecular weight is 347 g/mol. The summed E-state index contributed by atoms with van der Waals surface area (Å²) in [6.07, 6.45) is 4.19. The lowest BCUT2D eigenvalue weighted by atomic mass is 9.96. The average Bonchev–Trinajstić information content (AvgIpc) is 3.33. The molecule has 1 aliphatic carbocycles. The van der Waals surface area contributed by atoms with Gasteiger partial charge in [-0.15, -0.1) is 0 Å². The fourth-order valence-corrected chi connectivity index (χ4v) is 3.63. The van der Waals surface area contributed by atoms with Crippen molar-refractivity contribution in [1.82, 2.24) is 19.8 Å². The number of halogens is 1. The number of carbonyl (C=O) groups is 1. The zero-order valence-electron chi connectivity index (χ0n) is 14.0. The zero-order chi connectivity index (χ0) is 16.7. The monoisotopic (exact) mass is 346 g/mol. The first-order chi connectivity index (χ1) is 11.6. The number of nitrogens with zero attached hydrogens (tertiary/aromatic N) is 3. The normalized spacial score (nSPS) is 19.8. The molecule has 128 valence electrons. The van der Waals surface area contributed by atoms with Gasteiger partial charge >= 0.3 is 0 Å². The van der Waals surface area contributed by atoms with Crippen LogP contribution in [0.2, 0.25) is 5.02 Å². The second-order valence-corrected chi connectivity index (χ2v) is 7.49. The number of aromatic nitrogens is 2. The number of likely N-dealkylation sites (tertiary alicyclic amines) is 1. The number of carbonyl (C=O) groups excluding carboxylic acids is 1. The van der Waals surface area contributed by atoms with Crippen molar-refractivity contribution < 1.29 is 4.79 Å². The van der Waals surface area contributed by atoms with Crippen LogP contribution in [-0.2, 0) is 18.4 Å². The molecule has 1 N–H and O–H groups in total. The van der Waals surface area contributed by atoms with Crippen molar-refractivity contribution >= 4 is 28.5 Å². The van der Waals surface area contributed by atoms with Crippen molar-refractivity contribution in [2.45, 2.75) is 38.3 Å². The van der Waals surface area contributed by atoms with Crippen LogP contribution in [0.25, 0.3) is 11.0 Å². The van der Waals surface area contributed by atoms with Crippen molar-refractivity contribution in [3.05, 3.63) is 29.0 Å². The van der Waals surface area contributed by atoms with Crippen LogP contribution in [0.1, 0.15) is 31.5 Å². The van der Waals surface area contributed by atoms with Crippen molar-refractivity contribution in [1.29, 1.82) is 0 Å². The molecule has 6 heteroatoms. The Morgan fingerprint density at radius 1 is 1.29 bits per heavy atom. The van der Waals surface area contributed by atoms with E-state index in [0.29, 0.717) is 6.04 Å². The lowest BCUT2D eigenvalue weighted by Gasteiger charge is -2.31. The maximum atomic E-state index is 12.2. The van der Waals surface area contributed by atoms with Gasteiger partial charge in [0.25, 0.3) is 0 Å². The SMILES string of the molecule is Cn1c(CN2CCC(C(=O)NC3CC3)CC2)nc2cc(Cl)ccc21. The Morgan fingerprint density at radius 2 is 2.04 bits per heavy atom. The number of fused-ring (bicyclic) bond motifs is 1. The quantitative estimate of drug-likeness (QED) is 0.926. The van der Waals surface area contributed by atoms with E-state index in [1.807, 2.05) is 18.2 Å². The summed E-state index contributed by atoms with van der Waals surface area (Å²) in [4.78, 5) is 19.3. The van der Waals surface area contributed by atoms with Crippen LogP contribution in [0, 0.1) is 5.92 Å². The number of hydrogen-bond acceptors (Lipinski definition) is 3. The Balaban J connectivity index is 1.38. The summed E-state index contributed by atoms with van der Waals surface area (Å²) < 4.78 is 2.14. The molecule has 1 saturated carbocycles. The molecule has 2 aromatic rings. The van der Waals surface area contributed by atoms with E-state index in [1.54, 1.807) is 0 Å². The molecule has 1 aliphatic heterocycles. The Bertz CT molecular complexity index is 760. The number of rotatable bonds is 4. The van der Waals surface area contributed by atoms with Crippen molar-refractivity contribution in [3.8, 4) is 0 Å². The molecule has 2 heterocycles. The van der Waals surface area contributed by atoms with E-state index in [1.165, 1.54) is 0 Å². The molecule has 0 bridgehead atoms. The summed E-state index contributed by atoms with van der Waals surface area (Å²) in [5.41, 5.74) is 2.05. The molecule has 1 aromatic carbocycles. The van der Waals surface area contributed by atoms with Gasteiger partial charge in [0.05, 0.1) is 17.6 Å². The molecule has 24 heavy (non-hydrogen) atoms. The molecule has 4 rings (SSSR count). The van der Waals surface area contributed by atoms with Gasteiger partial charge in [0.1, 0.15) is 5.82 Å². The second kappa shape index (κ2) is 6.37. The van der Waals surface area contributed by atoms with Crippen LogP contribution >= 0.6 is 11.6 Å². The Kier molecular flexibility index (Phi) is 4.22. The molecule has 0 radical (unpaired) electrons. The van der Waals surface area contributed by atoms with Gasteiger partial charge in [-0.25, -0.2) is 4.98 Å². The maximum Gasteiger partial charge on any atom is 0.223 e. The molecule has 0 unspecified atom stereocenters. The molecule has 1 amide bonds. The minimum absolute atomic E-state index is 0.182. The highest BCUT2D eigenvalue weighted by Crippen LogP contribution is 2.24. The van der Waals surface area contributed by atoms with E-state index in [9.17, 15) is 4.79 Å². The predicted octanol–water partition coefficient (Wildman–Crippen LogP) is 2.72. The third-order valence-electron chi connectivity index (χ3n) is 5.18. The molecule has 2 aliphatic rings. The standard InChI is InChI=1S/C18H23ClN4O/c1-22-16-5-2-13(19)10-15(16)21-17(22)11-23-8-6-12(7-9-23)18(24)20-14-3-4-14/h2,5,10,12,14H,3-4,6-9,11H2,1H3,(H,20,24). The van der Waals surface area contributed by atoms with E-state index in [-0.39, 0.29) is 11.8 Å². The van der Waals surface area contributed by atoms with Crippen LogP contribution < -0.4 is 5.32 Å². The van der Waals surface area contributed by atoms with Gasteiger partial charge in [-0.3, -0.25) is 9.69 Å². The summed E-state index contributed by atoms with van der Waals surface area (Å²) in [7, 11) is 2.05. The molecule has 2 fully saturated rings. The first-order valence-corrected chi connectivity index (χ1v) is 9.11. The Hall–Kier alpha value is -1.59. The van der Waals surface area contributed by atoms with Crippen LogP contribution in [-0.4, -0.2) is 39.5 Å². The van der Waals surface area contributed by atoms with Crippen LogP contribution in [0.15, 0.2) is 18.2 Å². The summed E-state index contributed by atoms with van der Waals surface area (Å²) in [5, 5.41) is 3.85. The topological polar surface area (TPSA) is 50.2 Å². The molecular formula is C18H23ClN4O. The fraction of sp³-hybridized carbons (Fsp3) is 0.556. The predicted molar refractivity (Wildman–Crippen MR) is 94.9 cm³/mol. The lowest BCUT2D eigenvalue weighted by molar-refractivity contribution is -0.126. The van der Waals surface area contributed by atoms with Gasteiger partial charge in [-0.2, -0.15) is 0 Å². The zero-order valence-corrected chi connectivity index (χ0v) is 14.7. The first-order valence-electron chi connectivity index (χ1n) is 8.74. The van der Waals surface area contributed by atoms with Gasteiger partial charge < -0.3 is 9.88 Å². The summed E-state index contributed by atoms with van der Waals surface area (Å²) in [5.74, 6) is 1.49. The van der Waals surface area contributed by atoms with Crippen LogP contribution in [0.5, 0.6) is 0 Å². The van der Waals surface area contributed by atoms with Crippen molar-refractivity contribution in [3.63, 3.8) is 0 Å². The lowest BCUT2D eigenvalue weighted by Crippen LogP contribution is -2.41. The maximum absolute atomic E-state index is 12.2. The highest BCUT2D eigenvalue weighted by atomic mass is 35.5. The Labute approximate surface area is 147 Å². The third kappa shape index (κ3) is 3.28. The van der Waals surface area contributed by atoms with Crippen LogP contribution in [0.4, 0.5) is 0 Å². The van der Waals surface area contributed by atoms with Crippen LogP contribution in [0.3, 0.4) is 0 Å². The third-order valence-corrected chi connectivity index (χ3v) is 5.42. The number of imidazole rings is 1. The van der Waals surface area contributed by atoms with Gasteiger partial charge in [-0.1, -0.05) is 11.6 Å². The summed E-state index contributed by atoms with van der Waals surface area (Å²) in [6, 6.07) is 6.29. The smallest absolute Gasteiger partial charge is 0.223 e. The molecule has 0 atom stereocenters. The minimum Gasteiger partial charge on any atom is -0.353 e. The van der Waals surface area contributed by atoms with Gasteiger partial charge in [0.15, 0.2) is 0 Å². The molecular weight excluding hydrogens is 324 g/mol. The van der Waals surface area contributed by atoms with E-state index < -0.39 is 0 Å². The Morgan fingerprint density at radius 3 is 2.75 bits per heavy atom. The highest BCUT2D eigenvalue weighted by molar-refractivity contribution is 6.31. The largest absolute Gasteiger partial charge is 0.353 e. The first kappa shape index (κ1) is 15.9. The number of nitrogens with one attached hydrogen (secondary N) is 1. The fourth-order valence-electron chi connectivity index (χ4n) is 3.46.